The summed E-state index contributed by atoms with van der Waals surface area (Å²) < 4.78 is 0. The van der Waals surface area contributed by atoms with Gasteiger partial charge in [0.05, 0.1) is 0 Å². The molecule has 2 saturated heterocycles. The lowest BCUT2D eigenvalue weighted by Crippen LogP contribution is -2.48. The van der Waals surface area contributed by atoms with Gasteiger partial charge in [0.15, 0.2) is 0 Å². The van der Waals surface area contributed by atoms with Crippen molar-refractivity contribution in [3.63, 3.8) is 0 Å². The Balaban J connectivity index is 0.000000175. The molecule has 0 amide bonds. The molecular formula is C42H78N2. The highest BCUT2D eigenvalue weighted by molar-refractivity contribution is 5.09. The fourth-order valence-corrected chi connectivity index (χ4v) is 13.0. The minimum atomic E-state index is 0.638. The third kappa shape index (κ3) is 7.63. The Bertz CT molecular complexity index is 840. The molecule has 4 aliphatic carbocycles. The summed E-state index contributed by atoms with van der Waals surface area (Å²) in [5.74, 6) is 7.55. The Kier molecular flexibility index (Phi) is 13.1. The van der Waals surface area contributed by atoms with Crippen molar-refractivity contribution in [2.75, 3.05) is 13.1 Å². The largest absolute Gasteiger partial charge is 0.313 e. The highest BCUT2D eigenvalue weighted by atomic mass is 15.0. The van der Waals surface area contributed by atoms with Crippen LogP contribution >= 0.6 is 0 Å². The Hall–Kier alpha value is -0.0800. The second-order valence-electron chi connectivity index (χ2n) is 18.1. The van der Waals surface area contributed by atoms with Gasteiger partial charge in [-0.3, -0.25) is 0 Å². The molecule has 2 heteroatoms. The molecule has 2 spiro atoms. The van der Waals surface area contributed by atoms with E-state index in [1.54, 1.807) is 0 Å². The Labute approximate surface area is 276 Å². The molecule has 0 aromatic rings. The monoisotopic (exact) mass is 611 g/mol. The number of nitrogens with one attached hydrogen (secondary N) is 2. The highest BCUT2D eigenvalue weighted by Crippen LogP contribution is 2.59. The Morgan fingerprint density at radius 1 is 0.409 bits per heavy atom. The summed E-state index contributed by atoms with van der Waals surface area (Å²) in [5, 5.41) is 7.83. The normalized spacial score (nSPS) is 47.9. The van der Waals surface area contributed by atoms with E-state index in [1.165, 1.54) is 154 Å². The maximum absolute atomic E-state index is 3.93. The van der Waals surface area contributed by atoms with Gasteiger partial charge in [-0.05, 0) is 111 Å². The van der Waals surface area contributed by atoms with Gasteiger partial charge < -0.3 is 10.6 Å². The summed E-state index contributed by atoms with van der Waals surface area (Å²) in [6.07, 6.45) is 32.9. The van der Waals surface area contributed by atoms with Crippen molar-refractivity contribution in [3.8, 4) is 0 Å². The summed E-state index contributed by atoms with van der Waals surface area (Å²) in [7, 11) is 0. The molecule has 2 aliphatic heterocycles. The first-order valence-corrected chi connectivity index (χ1v) is 20.8. The molecule has 2 heterocycles. The number of hydrogen-bond acceptors (Lipinski definition) is 2. The third-order valence-electron chi connectivity index (χ3n) is 15.7. The lowest BCUT2D eigenvalue weighted by molar-refractivity contribution is -0.0273. The molecule has 2 N–H and O–H groups in total. The van der Waals surface area contributed by atoms with Gasteiger partial charge in [-0.2, -0.15) is 0 Å². The molecule has 0 radical (unpaired) electrons. The van der Waals surface area contributed by atoms with Gasteiger partial charge in [0.25, 0.3) is 0 Å². The van der Waals surface area contributed by atoms with Gasteiger partial charge in [0, 0.05) is 25.2 Å². The van der Waals surface area contributed by atoms with Crippen LogP contribution in [-0.4, -0.2) is 25.2 Å². The Morgan fingerprint density at radius 2 is 0.727 bits per heavy atom. The van der Waals surface area contributed by atoms with Gasteiger partial charge in [0.1, 0.15) is 0 Å². The van der Waals surface area contributed by atoms with E-state index in [0.29, 0.717) is 10.8 Å². The lowest BCUT2D eigenvalue weighted by Gasteiger charge is -2.52. The standard InChI is InChI=1S/C22H41N.C20H37N/c1-17-15-20-13-11-9-7-5-4-6-8-10-12-14-22(20)16-23-19(3)21(22)18(17)2;1-15-13-18-11-9-7-5-4-6-8-10-12-20(18)14-21-17(3)19(20)16(15)2/h17-21,23H,4-16H2,1-3H3;15-19,21H,4-14H2,1-3H3/t17?,18-,19+,20+,21+,22?;15?,16-,17+,18+,19+,20+/m11/s1. The molecule has 0 bridgehead atoms. The maximum atomic E-state index is 3.93. The van der Waals surface area contributed by atoms with Crippen LogP contribution in [0.3, 0.4) is 0 Å². The predicted octanol–water partition coefficient (Wildman–Crippen LogP) is 11.6. The SMILES string of the molecule is CC1C[C@@H]2CCCCCCCCCCCC23CN[C@@H](C)[C@@H]3[C@@H]1C.CC1C[C@@H]2CCCCCCCCC[C@]23CN[C@@H](C)[C@@H]3[C@@H]1C. The van der Waals surface area contributed by atoms with Crippen molar-refractivity contribution in [2.45, 2.75) is 195 Å². The molecule has 12 atom stereocenters. The summed E-state index contributed by atoms with van der Waals surface area (Å²) in [5.41, 5.74) is 1.29. The quantitative estimate of drug-likeness (QED) is 0.285. The van der Waals surface area contributed by atoms with Crippen molar-refractivity contribution in [3.05, 3.63) is 0 Å². The van der Waals surface area contributed by atoms with Crippen LogP contribution in [0.5, 0.6) is 0 Å². The summed E-state index contributed by atoms with van der Waals surface area (Å²) in [4.78, 5) is 0. The first kappa shape index (κ1) is 35.2. The molecule has 4 saturated carbocycles. The molecule has 6 fully saturated rings. The van der Waals surface area contributed by atoms with E-state index in [-0.39, 0.29) is 0 Å². The van der Waals surface area contributed by atoms with E-state index in [2.05, 4.69) is 52.2 Å². The second-order valence-corrected chi connectivity index (χ2v) is 18.1. The van der Waals surface area contributed by atoms with Gasteiger partial charge in [-0.15, -0.1) is 0 Å². The zero-order valence-electron chi connectivity index (χ0n) is 30.7. The van der Waals surface area contributed by atoms with E-state index in [0.717, 1.165) is 59.4 Å². The summed E-state index contributed by atoms with van der Waals surface area (Å²) in [6, 6.07) is 1.49. The number of rotatable bonds is 0. The van der Waals surface area contributed by atoms with E-state index in [9.17, 15) is 0 Å². The lowest BCUT2D eigenvalue weighted by atomic mass is 9.52. The van der Waals surface area contributed by atoms with Crippen LogP contribution in [0.25, 0.3) is 0 Å². The summed E-state index contributed by atoms with van der Waals surface area (Å²) >= 11 is 0. The average molecular weight is 611 g/mol. The molecule has 2 nitrogen and oxygen atoms in total. The van der Waals surface area contributed by atoms with E-state index < -0.39 is 0 Å². The van der Waals surface area contributed by atoms with Crippen LogP contribution in [0.15, 0.2) is 0 Å². The fraction of sp³-hybridized carbons (Fsp3) is 1.00. The van der Waals surface area contributed by atoms with Gasteiger partial charge in [-0.1, -0.05) is 130 Å². The van der Waals surface area contributed by atoms with Crippen molar-refractivity contribution in [2.24, 2.45) is 58.2 Å². The van der Waals surface area contributed by atoms with E-state index in [1.807, 2.05) is 0 Å². The van der Waals surface area contributed by atoms with Crippen molar-refractivity contribution < 1.29 is 0 Å². The minimum Gasteiger partial charge on any atom is -0.313 e. The zero-order chi connectivity index (χ0) is 31.2. The molecule has 6 rings (SSSR count). The summed E-state index contributed by atoms with van der Waals surface area (Å²) in [6.45, 7) is 17.8. The van der Waals surface area contributed by atoms with Crippen LogP contribution in [0.4, 0.5) is 0 Å². The van der Waals surface area contributed by atoms with Gasteiger partial charge >= 0.3 is 0 Å². The first-order valence-electron chi connectivity index (χ1n) is 20.8. The van der Waals surface area contributed by atoms with Gasteiger partial charge in [0.2, 0.25) is 0 Å². The Morgan fingerprint density at radius 3 is 1.09 bits per heavy atom. The van der Waals surface area contributed by atoms with Crippen LogP contribution < -0.4 is 10.6 Å². The third-order valence-corrected chi connectivity index (χ3v) is 15.7. The zero-order valence-corrected chi connectivity index (χ0v) is 30.7. The van der Waals surface area contributed by atoms with Crippen LogP contribution in [0.2, 0.25) is 0 Å². The van der Waals surface area contributed by atoms with Crippen molar-refractivity contribution in [1.29, 1.82) is 0 Å². The minimum absolute atomic E-state index is 0.638. The molecular weight excluding hydrogens is 532 g/mol. The number of hydrogen-bond donors (Lipinski definition) is 2. The maximum Gasteiger partial charge on any atom is 0.00757 e. The molecule has 6 aliphatic rings. The fourth-order valence-electron chi connectivity index (χ4n) is 13.0. The second kappa shape index (κ2) is 16.3. The van der Waals surface area contributed by atoms with E-state index in [4.69, 9.17) is 0 Å². The van der Waals surface area contributed by atoms with Crippen LogP contribution in [-0.2, 0) is 0 Å². The van der Waals surface area contributed by atoms with E-state index >= 15 is 0 Å². The first-order chi connectivity index (χ1) is 21.3. The van der Waals surface area contributed by atoms with Crippen LogP contribution in [0.1, 0.15) is 183 Å². The highest BCUT2D eigenvalue weighted by Gasteiger charge is 2.57. The van der Waals surface area contributed by atoms with Crippen LogP contribution in [0, 0.1) is 58.2 Å². The molecule has 44 heavy (non-hydrogen) atoms. The molecule has 0 aromatic heterocycles. The molecule has 3 unspecified atom stereocenters. The smallest absolute Gasteiger partial charge is 0.00757 e. The van der Waals surface area contributed by atoms with Gasteiger partial charge in [-0.25, -0.2) is 0 Å². The average Bonchev–Trinajstić information content (AvgIpc) is 3.52. The van der Waals surface area contributed by atoms with Crippen molar-refractivity contribution in [1.82, 2.24) is 10.6 Å². The predicted molar refractivity (Wildman–Crippen MR) is 192 cm³/mol. The molecule has 256 valence electrons. The molecule has 0 aromatic carbocycles. The van der Waals surface area contributed by atoms with Crippen molar-refractivity contribution >= 4 is 0 Å². The topological polar surface area (TPSA) is 24.1 Å².